The minimum atomic E-state index is -0.572. The third-order valence-corrected chi connectivity index (χ3v) is 1.82. The topological polar surface area (TPSA) is 65.1 Å². The minimum absolute atomic E-state index is 0.0229. The number of ether oxygens (including phenoxy) is 3. The van der Waals surface area contributed by atoms with Gasteiger partial charge in [-0.15, -0.1) is 0 Å². The third kappa shape index (κ3) is 4.27. The van der Waals surface area contributed by atoms with E-state index in [1.54, 1.807) is 0 Å². The van der Waals surface area contributed by atoms with E-state index in [-0.39, 0.29) is 23.9 Å². The molecule has 0 aliphatic carbocycles. The molecule has 1 aliphatic rings. The highest BCUT2D eigenvalue weighted by molar-refractivity contribution is 5.90. The van der Waals surface area contributed by atoms with Crippen LogP contribution in [0, 0.1) is 0 Å². The van der Waals surface area contributed by atoms with Crippen LogP contribution in [0.2, 0.25) is 0 Å². The third-order valence-electron chi connectivity index (χ3n) is 1.82. The molecule has 0 radical (unpaired) electrons. The highest BCUT2D eigenvalue weighted by Crippen LogP contribution is 2.10. The number of carbonyl (C=O) groups is 2. The number of esters is 2. The molecule has 0 amide bonds. The first-order valence-corrected chi connectivity index (χ1v) is 4.82. The fraction of sp³-hybridized carbons (Fsp3) is 0.455. The summed E-state index contributed by atoms with van der Waals surface area (Å²) in [6.07, 6.45) is 1.09. The van der Waals surface area contributed by atoms with Gasteiger partial charge in [0.2, 0.25) is 0 Å². The van der Waals surface area contributed by atoms with Gasteiger partial charge in [0.1, 0.15) is 19.0 Å². The van der Waals surface area contributed by atoms with E-state index in [0.717, 1.165) is 6.26 Å². The molecule has 0 spiro atoms. The van der Waals surface area contributed by atoms with E-state index in [9.17, 15) is 9.59 Å². The van der Waals surface area contributed by atoms with Crippen LogP contribution in [0.4, 0.5) is 0 Å². The molecule has 88 valence electrons. The van der Waals surface area contributed by atoms with Gasteiger partial charge in [0.15, 0.2) is 0 Å². The Hall–Kier alpha value is -1.62. The van der Waals surface area contributed by atoms with Crippen molar-refractivity contribution in [3.8, 4) is 0 Å². The molecular formula is C11H14O5. The van der Waals surface area contributed by atoms with Crippen molar-refractivity contribution in [2.45, 2.75) is 20.0 Å². The van der Waals surface area contributed by atoms with Crippen molar-refractivity contribution in [2.24, 2.45) is 0 Å². The van der Waals surface area contributed by atoms with Gasteiger partial charge in [-0.3, -0.25) is 0 Å². The van der Waals surface area contributed by atoms with E-state index in [1.807, 2.05) is 0 Å². The smallest absolute Gasteiger partial charge is 0.337 e. The molecular weight excluding hydrogens is 212 g/mol. The van der Waals surface area contributed by atoms with Crippen molar-refractivity contribution in [3.05, 3.63) is 24.0 Å². The highest BCUT2D eigenvalue weighted by Gasteiger charge is 2.24. The lowest BCUT2D eigenvalue weighted by molar-refractivity contribution is -0.139. The first kappa shape index (κ1) is 12.4. The molecule has 0 aromatic heterocycles. The molecule has 0 saturated carbocycles. The van der Waals surface area contributed by atoms with E-state index in [0.29, 0.717) is 6.61 Å². The van der Waals surface area contributed by atoms with E-state index >= 15 is 0 Å². The Morgan fingerprint density at radius 3 is 2.56 bits per heavy atom. The fourth-order valence-electron chi connectivity index (χ4n) is 0.737. The first-order valence-electron chi connectivity index (χ1n) is 4.82. The van der Waals surface area contributed by atoms with E-state index in [2.05, 4.69) is 11.3 Å². The van der Waals surface area contributed by atoms with E-state index < -0.39 is 11.9 Å². The maximum atomic E-state index is 11.3. The molecule has 0 N–H and O–H groups in total. The van der Waals surface area contributed by atoms with Gasteiger partial charge < -0.3 is 14.2 Å². The molecule has 5 nitrogen and oxygen atoms in total. The van der Waals surface area contributed by atoms with Crippen LogP contribution in [0.15, 0.2) is 24.0 Å². The highest BCUT2D eigenvalue weighted by atomic mass is 16.6. The Morgan fingerprint density at radius 2 is 2.06 bits per heavy atom. The molecule has 1 fully saturated rings. The summed E-state index contributed by atoms with van der Waals surface area (Å²) in [5.41, 5.74) is 0.485. The van der Waals surface area contributed by atoms with Crippen LogP contribution in [0.3, 0.4) is 0 Å². The lowest BCUT2D eigenvalue weighted by Crippen LogP contribution is -2.11. The Balaban J connectivity index is 2.32. The summed E-state index contributed by atoms with van der Waals surface area (Å²) in [6.45, 7) is 7.29. The van der Waals surface area contributed by atoms with Crippen molar-refractivity contribution in [2.75, 3.05) is 13.2 Å². The predicted molar refractivity (Wildman–Crippen MR) is 55.4 cm³/mol. The van der Waals surface area contributed by atoms with Gasteiger partial charge in [0.05, 0.1) is 12.2 Å². The van der Waals surface area contributed by atoms with Crippen LogP contribution >= 0.6 is 0 Å². The number of rotatable bonds is 5. The summed E-state index contributed by atoms with van der Waals surface area (Å²) >= 11 is 0. The second-order valence-corrected chi connectivity index (χ2v) is 3.54. The summed E-state index contributed by atoms with van der Waals surface area (Å²) in [6, 6.07) is 0. The Labute approximate surface area is 93.7 Å². The van der Waals surface area contributed by atoms with Gasteiger partial charge in [-0.05, 0) is 13.8 Å². The lowest BCUT2D eigenvalue weighted by Gasteiger charge is -2.03. The van der Waals surface area contributed by atoms with Crippen LogP contribution in [-0.2, 0) is 23.8 Å². The van der Waals surface area contributed by atoms with Crippen LogP contribution < -0.4 is 0 Å². The maximum Gasteiger partial charge on any atom is 0.337 e. The van der Waals surface area contributed by atoms with Crippen molar-refractivity contribution in [3.63, 3.8) is 0 Å². The summed E-state index contributed by atoms with van der Waals surface area (Å²) in [5, 5.41) is 0. The zero-order chi connectivity index (χ0) is 12.1. The van der Waals surface area contributed by atoms with Crippen molar-refractivity contribution >= 4 is 11.9 Å². The first-order chi connectivity index (χ1) is 7.50. The van der Waals surface area contributed by atoms with Gasteiger partial charge in [-0.25, -0.2) is 9.59 Å². The Bertz CT molecular complexity index is 338. The molecule has 0 bridgehead atoms. The van der Waals surface area contributed by atoms with Crippen LogP contribution in [0.25, 0.3) is 0 Å². The number of carbonyl (C=O) groups excluding carboxylic acids is 2. The maximum absolute atomic E-state index is 11.3. The van der Waals surface area contributed by atoms with E-state index in [1.165, 1.54) is 13.8 Å². The summed E-state index contributed by atoms with van der Waals surface area (Å²) < 4.78 is 14.4. The Kier molecular flexibility index (Phi) is 4.25. The second kappa shape index (κ2) is 5.46. The molecule has 1 rings (SSSR count). The molecule has 16 heavy (non-hydrogen) atoms. The Morgan fingerprint density at radius 1 is 1.44 bits per heavy atom. The SMILES string of the molecule is C=C(C)C(=O)OC=C(C)C(=O)OCC1CO1. The summed E-state index contributed by atoms with van der Waals surface area (Å²) in [5.74, 6) is -1.09. The summed E-state index contributed by atoms with van der Waals surface area (Å²) in [7, 11) is 0. The monoisotopic (exact) mass is 226 g/mol. The molecule has 1 saturated heterocycles. The molecule has 0 aromatic carbocycles. The number of hydrogen-bond acceptors (Lipinski definition) is 5. The molecule has 0 aromatic rings. The molecule has 5 heteroatoms. The summed E-state index contributed by atoms with van der Waals surface area (Å²) in [4.78, 5) is 22.3. The van der Waals surface area contributed by atoms with Crippen molar-refractivity contribution in [1.29, 1.82) is 0 Å². The van der Waals surface area contributed by atoms with E-state index in [4.69, 9.17) is 9.47 Å². The van der Waals surface area contributed by atoms with Crippen molar-refractivity contribution < 1.29 is 23.8 Å². The minimum Gasteiger partial charge on any atom is -0.459 e. The molecule has 1 atom stereocenters. The number of hydrogen-bond donors (Lipinski definition) is 0. The lowest BCUT2D eigenvalue weighted by atomic mass is 10.3. The number of epoxide rings is 1. The molecule has 1 unspecified atom stereocenters. The van der Waals surface area contributed by atoms with Gasteiger partial charge in [-0.2, -0.15) is 0 Å². The zero-order valence-corrected chi connectivity index (χ0v) is 9.32. The van der Waals surface area contributed by atoms with Crippen LogP contribution in [-0.4, -0.2) is 31.3 Å². The largest absolute Gasteiger partial charge is 0.459 e. The fourth-order valence-corrected chi connectivity index (χ4v) is 0.737. The van der Waals surface area contributed by atoms with Gasteiger partial charge in [-0.1, -0.05) is 6.58 Å². The predicted octanol–water partition coefficient (Wildman–Crippen LogP) is 0.951. The van der Waals surface area contributed by atoms with Gasteiger partial charge in [0.25, 0.3) is 0 Å². The second-order valence-electron chi connectivity index (χ2n) is 3.54. The normalized spacial score (nSPS) is 18.9. The van der Waals surface area contributed by atoms with Crippen LogP contribution in [0.1, 0.15) is 13.8 Å². The molecule has 1 heterocycles. The van der Waals surface area contributed by atoms with Gasteiger partial charge in [0, 0.05) is 5.57 Å². The standard InChI is InChI=1S/C11H14O5/c1-7(2)10(12)15-4-8(3)11(13)16-6-9-5-14-9/h4,9H,1,5-6H2,2-3H3. The quantitative estimate of drug-likeness (QED) is 0.302. The average molecular weight is 226 g/mol. The molecule has 1 aliphatic heterocycles. The van der Waals surface area contributed by atoms with Gasteiger partial charge >= 0.3 is 11.9 Å². The zero-order valence-electron chi connectivity index (χ0n) is 9.32. The van der Waals surface area contributed by atoms with Crippen LogP contribution in [0.5, 0.6) is 0 Å². The average Bonchev–Trinajstić information content (AvgIpc) is 3.05. The van der Waals surface area contributed by atoms with Crippen molar-refractivity contribution in [1.82, 2.24) is 0 Å².